The maximum Gasteiger partial charge on any atom is 0.224 e. The van der Waals surface area contributed by atoms with Crippen molar-refractivity contribution in [3.63, 3.8) is 0 Å². The van der Waals surface area contributed by atoms with E-state index in [1.165, 1.54) is 0 Å². The number of aromatic nitrogens is 1. The van der Waals surface area contributed by atoms with E-state index in [0.717, 1.165) is 6.42 Å². The highest BCUT2D eigenvalue weighted by Gasteiger charge is 2.06. The van der Waals surface area contributed by atoms with Crippen LogP contribution in [0, 0.1) is 5.92 Å². The van der Waals surface area contributed by atoms with Crippen LogP contribution in [0.25, 0.3) is 0 Å². The highest BCUT2D eigenvalue weighted by atomic mass is 35.5. The summed E-state index contributed by atoms with van der Waals surface area (Å²) < 4.78 is 0. The molecule has 1 amide bonds. The number of hydrogen-bond acceptors (Lipinski definition) is 2. The Morgan fingerprint density at radius 1 is 1.60 bits per heavy atom. The molecule has 3 nitrogen and oxygen atoms in total. The van der Waals surface area contributed by atoms with Gasteiger partial charge in [0.15, 0.2) is 0 Å². The quantitative estimate of drug-likeness (QED) is 0.857. The molecule has 0 aromatic carbocycles. The van der Waals surface area contributed by atoms with Crippen molar-refractivity contribution in [1.82, 2.24) is 4.98 Å². The Bertz CT molecular complexity index is 339. The Balaban J connectivity index is 2.48. The topological polar surface area (TPSA) is 42.0 Å². The van der Waals surface area contributed by atoms with Gasteiger partial charge in [-0.05, 0) is 18.4 Å². The van der Waals surface area contributed by atoms with E-state index in [1.807, 2.05) is 0 Å². The lowest BCUT2D eigenvalue weighted by Crippen LogP contribution is -2.12. The zero-order valence-corrected chi connectivity index (χ0v) is 9.71. The fraction of sp³-hybridized carbons (Fsp3) is 0.455. The van der Waals surface area contributed by atoms with Crippen LogP contribution in [0.2, 0.25) is 5.02 Å². The van der Waals surface area contributed by atoms with Crippen LogP contribution in [0.1, 0.15) is 26.7 Å². The maximum absolute atomic E-state index is 11.5. The third kappa shape index (κ3) is 4.30. The van der Waals surface area contributed by atoms with Crippen LogP contribution >= 0.6 is 11.6 Å². The fourth-order valence-corrected chi connectivity index (χ4v) is 1.25. The third-order valence-electron chi connectivity index (χ3n) is 1.99. The van der Waals surface area contributed by atoms with Gasteiger partial charge in [0.1, 0.15) is 0 Å². The molecule has 0 aliphatic rings. The van der Waals surface area contributed by atoms with Crippen LogP contribution < -0.4 is 5.32 Å². The molecule has 82 valence electrons. The van der Waals surface area contributed by atoms with E-state index in [-0.39, 0.29) is 5.91 Å². The van der Waals surface area contributed by atoms with Crippen LogP contribution in [0.15, 0.2) is 18.5 Å². The molecule has 1 aromatic heterocycles. The second kappa shape index (κ2) is 5.71. The van der Waals surface area contributed by atoms with Gasteiger partial charge in [-0.3, -0.25) is 9.78 Å². The third-order valence-corrected chi connectivity index (χ3v) is 2.32. The summed E-state index contributed by atoms with van der Waals surface area (Å²) in [6.07, 6.45) is 4.54. The van der Waals surface area contributed by atoms with Gasteiger partial charge in [-0.15, -0.1) is 0 Å². The zero-order chi connectivity index (χ0) is 11.3. The number of carbonyl (C=O) groups excluding carboxylic acids is 1. The molecule has 0 aliphatic heterocycles. The SMILES string of the molecule is CC(C)CCC(=O)Nc1cnccc1Cl. The molecule has 1 N–H and O–H groups in total. The maximum atomic E-state index is 11.5. The summed E-state index contributed by atoms with van der Waals surface area (Å²) in [5.74, 6) is 0.513. The van der Waals surface area contributed by atoms with E-state index < -0.39 is 0 Å². The summed E-state index contributed by atoms with van der Waals surface area (Å²) in [7, 11) is 0. The largest absolute Gasteiger partial charge is 0.324 e. The number of carbonyl (C=O) groups is 1. The summed E-state index contributed by atoms with van der Waals surface area (Å²) in [6, 6.07) is 1.65. The molecule has 1 rings (SSSR count). The van der Waals surface area contributed by atoms with E-state index in [9.17, 15) is 4.79 Å². The van der Waals surface area contributed by atoms with Gasteiger partial charge in [-0.2, -0.15) is 0 Å². The molecular formula is C11H15ClN2O. The van der Waals surface area contributed by atoms with Gasteiger partial charge in [-0.25, -0.2) is 0 Å². The van der Waals surface area contributed by atoms with Crippen molar-refractivity contribution in [2.45, 2.75) is 26.7 Å². The number of halogens is 1. The highest BCUT2D eigenvalue weighted by molar-refractivity contribution is 6.33. The standard InChI is InChI=1S/C11H15ClN2O/c1-8(2)3-4-11(15)14-10-7-13-6-5-9(10)12/h5-8H,3-4H2,1-2H3,(H,14,15). The van der Waals surface area contributed by atoms with Gasteiger partial charge in [0, 0.05) is 12.6 Å². The van der Waals surface area contributed by atoms with Gasteiger partial charge in [0.05, 0.1) is 16.9 Å². The molecule has 0 radical (unpaired) electrons. The Hall–Kier alpha value is -1.09. The van der Waals surface area contributed by atoms with Crippen molar-refractivity contribution in [1.29, 1.82) is 0 Å². The van der Waals surface area contributed by atoms with Crippen LogP contribution in [-0.4, -0.2) is 10.9 Å². The molecule has 0 unspecified atom stereocenters. The van der Waals surface area contributed by atoms with Crippen LogP contribution in [0.3, 0.4) is 0 Å². The van der Waals surface area contributed by atoms with Crippen LogP contribution in [0.5, 0.6) is 0 Å². The van der Waals surface area contributed by atoms with Crippen molar-refractivity contribution in [2.75, 3.05) is 5.32 Å². The second-order valence-electron chi connectivity index (χ2n) is 3.84. The van der Waals surface area contributed by atoms with E-state index in [4.69, 9.17) is 11.6 Å². The Morgan fingerprint density at radius 3 is 2.93 bits per heavy atom. The first kappa shape index (κ1) is 12.0. The predicted molar refractivity (Wildman–Crippen MR) is 61.9 cm³/mol. The molecule has 0 saturated heterocycles. The van der Waals surface area contributed by atoms with E-state index >= 15 is 0 Å². The summed E-state index contributed by atoms with van der Waals surface area (Å²) in [5.41, 5.74) is 0.577. The first-order chi connectivity index (χ1) is 7.09. The van der Waals surface area contributed by atoms with E-state index in [2.05, 4.69) is 24.1 Å². The van der Waals surface area contributed by atoms with Crippen molar-refractivity contribution in [3.8, 4) is 0 Å². The van der Waals surface area contributed by atoms with Crippen molar-refractivity contribution in [3.05, 3.63) is 23.5 Å². The van der Waals surface area contributed by atoms with Gasteiger partial charge in [0.2, 0.25) is 5.91 Å². The van der Waals surface area contributed by atoms with Gasteiger partial charge < -0.3 is 5.32 Å². The zero-order valence-electron chi connectivity index (χ0n) is 8.96. The molecule has 0 aliphatic carbocycles. The van der Waals surface area contributed by atoms with Gasteiger partial charge in [0.25, 0.3) is 0 Å². The number of anilines is 1. The molecule has 4 heteroatoms. The van der Waals surface area contributed by atoms with Gasteiger partial charge >= 0.3 is 0 Å². The smallest absolute Gasteiger partial charge is 0.224 e. The molecular weight excluding hydrogens is 212 g/mol. The van der Waals surface area contributed by atoms with Gasteiger partial charge in [-0.1, -0.05) is 25.4 Å². The number of rotatable bonds is 4. The lowest BCUT2D eigenvalue weighted by Gasteiger charge is -2.07. The molecule has 0 atom stereocenters. The minimum absolute atomic E-state index is 0.0152. The number of pyridine rings is 1. The molecule has 1 aromatic rings. The summed E-state index contributed by atoms with van der Waals surface area (Å²) in [5, 5.41) is 3.25. The minimum atomic E-state index is -0.0152. The van der Waals surface area contributed by atoms with E-state index in [1.54, 1.807) is 18.5 Å². The minimum Gasteiger partial charge on any atom is -0.324 e. The number of hydrogen-bond donors (Lipinski definition) is 1. The van der Waals surface area contributed by atoms with E-state index in [0.29, 0.717) is 23.0 Å². The Morgan fingerprint density at radius 2 is 2.33 bits per heavy atom. The Kier molecular flexibility index (Phi) is 4.56. The highest BCUT2D eigenvalue weighted by Crippen LogP contribution is 2.19. The second-order valence-corrected chi connectivity index (χ2v) is 4.24. The average Bonchev–Trinajstić information content (AvgIpc) is 2.18. The summed E-state index contributed by atoms with van der Waals surface area (Å²) in [6.45, 7) is 4.18. The molecule has 0 spiro atoms. The summed E-state index contributed by atoms with van der Waals surface area (Å²) in [4.78, 5) is 15.4. The van der Waals surface area contributed by atoms with Crippen molar-refractivity contribution >= 4 is 23.2 Å². The molecule has 0 bridgehead atoms. The lowest BCUT2D eigenvalue weighted by atomic mass is 10.1. The molecule has 1 heterocycles. The number of nitrogens with zero attached hydrogens (tertiary/aromatic N) is 1. The average molecular weight is 227 g/mol. The normalized spacial score (nSPS) is 10.4. The first-order valence-corrected chi connectivity index (χ1v) is 5.36. The first-order valence-electron chi connectivity index (χ1n) is 4.99. The molecule has 0 saturated carbocycles. The fourth-order valence-electron chi connectivity index (χ4n) is 1.10. The van der Waals surface area contributed by atoms with Crippen molar-refractivity contribution < 1.29 is 4.79 Å². The van der Waals surface area contributed by atoms with Crippen LogP contribution in [-0.2, 0) is 4.79 Å². The molecule has 15 heavy (non-hydrogen) atoms. The summed E-state index contributed by atoms with van der Waals surface area (Å²) >= 11 is 5.88. The lowest BCUT2D eigenvalue weighted by molar-refractivity contribution is -0.116. The monoisotopic (exact) mass is 226 g/mol. The predicted octanol–water partition coefficient (Wildman–Crippen LogP) is 3.11. The molecule has 0 fully saturated rings. The Labute approximate surface area is 94.9 Å². The van der Waals surface area contributed by atoms with Crippen molar-refractivity contribution in [2.24, 2.45) is 5.92 Å². The van der Waals surface area contributed by atoms with Crippen LogP contribution in [0.4, 0.5) is 5.69 Å². The number of nitrogens with one attached hydrogen (secondary N) is 1. The number of amides is 1.